The Balaban J connectivity index is 2.14. The molecule has 1 aromatic carbocycles. The Morgan fingerprint density at radius 3 is 2.85 bits per heavy atom. The third kappa shape index (κ3) is 3.13. The summed E-state index contributed by atoms with van der Waals surface area (Å²) in [6.45, 7) is 0.140. The lowest BCUT2D eigenvalue weighted by Gasteiger charge is -2.01. The smallest absolute Gasteiger partial charge is 0.309 e. The molecule has 0 bridgehead atoms. The molecule has 0 aliphatic carbocycles. The summed E-state index contributed by atoms with van der Waals surface area (Å²) < 4.78 is 14.7. The van der Waals surface area contributed by atoms with Gasteiger partial charge in [-0.3, -0.25) is 14.9 Å². The fourth-order valence-corrected chi connectivity index (χ4v) is 1.64. The largest absolute Gasteiger partial charge is 0.481 e. The van der Waals surface area contributed by atoms with Crippen LogP contribution in [0.3, 0.4) is 0 Å². The molecular formula is C11H9FN4O4. The second kappa shape index (κ2) is 5.43. The van der Waals surface area contributed by atoms with Crippen LogP contribution in [0, 0.1) is 15.9 Å². The summed E-state index contributed by atoms with van der Waals surface area (Å²) in [5.74, 6) is -1.96. The molecule has 0 unspecified atom stereocenters. The van der Waals surface area contributed by atoms with Crippen molar-refractivity contribution in [3.05, 3.63) is 51.6 Å². The Bertz CT molecular complexity index is 670. The van der Waals surface area contributed by atoms with Gasteiger partial charge in [-0.05, 0) is 11.6 Å². The predicted molar refractivity (Wildman–Crippen MR) is 63.5 cm³/mol. The zero-order valence-corrected chi connectivity index (χ0v) is 10.1. The van der Waals surface area contributed by atoms with Crippen molar-refractivity contribution in [2.45, 2.75) is 13.0 Å². The van der Waals surface area contributed by atoms with Crippen molar-refractivity contribution in [3.8, 4) is 0 Å². The molecule has 9 heteroatoms. The molecule has 1 heterocycles. The molecule has 8 nitrogen and oxygen atoms in total. The van der Waals surface area contributed by atoms with E-state index in [1.54, 1.807) is 0 Å². The van der Waals surface area contributed by atoms with Crippen LogP contribution in [-0.2, 0) is 17.8 Å². The van der Waals surface area contributed by atoms with Crippen molar-refractivity contribution < 1.29 is 19.2 Å². The Morgan fingerprint density at radius 1 is 1.50 bits per heavy atom. The van der Waals surface area contributed by atoms with E-state index in [1.807, 2.05) is 0 Å². The Labute approximate surface area is 111 Å². The quantitative estimate of drug-likeness (QED) is 0.646. The van der Waals surface area contributed by atoms with Gasteiger partial charge in [0.05, 0.1) is 23.6 Å². The number of carbonyl (C=O) groups is 1. The lowest BCUT2D eigenvalue weighted by Crippen LogP contribution is -2.02. The van der Waals surface area contributed by atoms with Crippen LogP contribution in [0.5, 0.6) is 0 Å². The summed E-state index contributed by atoms with van der Waals surface area (Å²) in [5.41, 5.74) is 0.138. The highest BCUT2D eigenvalue weighted by molar-refractivity contribution is 5.69. The standard InChI is InChI=1S/C11H9FN4O4/c12-9-3-7(1-2-10(9)16(19)20)5-15-6-8(13-14-15)4-11(17)18/h1-3,6H,4-5H2,(H,17,18). The number of nitrogens with zero attached hydrogens (tertiary/aromatic N) is 4. The van der Waals surface area contributed by atoms with E-state index in [1.165, 1.54) is 16.9 Å². The first-order chi connectivity index (χ1) is 9.45. The molecule has 2 aromatic rings. The van der Waals surface area contributed by atoms with E-state index in [2.05, 4.69) is 10.3 Å². The lowest BCUT2D eigenvalue weighted by molar-refractivity contribution is -0.387. The minimum Gasteiger partial charge on any atom is -0.481 e. The lowest BCUT2D eigenvalue weighted by atomic mass is 10.2. The Kier molecular flexibility index (Phi) is 3.69. The Hall–Kier alpha value is -2.84. The van der Waals surface area contributed by atoms with Gasteiger partial charge in [0.25, 0.3) is 0 Å². The summed E-state index contributed by atoms with van der Waals surface area (Å²) in [6, 6.07) is 3.51. The fraction of sp³-hybridized carbons (Fsp3) is 0.182. The normalized spacial score (nSPS) is 10.4. The molecule has 0 spiro atoms. The van der Waals surface area contributed by atoms with Crippen LogP contribution in [0.15, 0.2) is 24.4 Å². The van der Waals surface area contributed by atoms with E-state index in [9.17, 15) is 19.3 Å². The van der Waals surface area contributed by atoms with Gasteiger partial charge in [-0.15, -0.1) is 5.10 Å². The summed E-state index contributed by atoms with van der Waals surface area (Å²) in [7, 11) is 0. The minimum absolute atomic E-state index is 0.140. The molecule has 0 saturated carbocycles. The molecular weight excluding hydrogens is 271 g/mol. The second-order valence-corrected chi connectivity index (χ2v) is 4.02. The monoisotopic (exact) mass is 280 g/mol. The number of nitro groups is 1. The third-order valence-corrected chi connectivity index (χ3v) is 2.47. The maximum atomic E-state index is 13.4. The molecule has 0 amide bonds. The highest BCUT2D eigenvalue weighted by Crippen LogP contribution is 2.18. The molecule has 104 valence electrons. The van der Waals surface area contributed by atoms with E-state index < -0.39 is 22.4 Å². The van der Waals surface area contributed by atoms with Crippen LogP contribution in [0.2, 0.25) is 0 Å². The van der Waals surface area contributed by atoms with E-state index in [0.717, 1.165) is 12.1 Å². The number of aliphatic carboxylic acids is 1. The fourth-order valence-electron chi connectivity index (χ4n) is 1.64. The van der Waals surface area contributed by atoms with Crippen LogP contribution in [-0.4, -0.2) is 31.0 Å². The van der Waals surface area contributed by atoms with E-state index in [-0.39, 0.29) is 18.7 Å². The van der Waals surface area contributed by atoms with Gasteiger partial charge < -0.3 is 5.11 Å². The first-order valence-corrected chi connectivity index (χ1v) is 5.49. The number of aromatic nitrogens is 3. The first kappa shape index (κ1) is 13.6. The maximum Gasteiger partial charge on any atom is 0.309 e. The summed E-state index contributed by atoms with van der Waals surface area (Å²) in [6.07, 6.45) is 1.17. The van der Waals surface area contributed by atoms with E-state index in [0.29, 0.717) is 5.56 Å². The highest BCUT2D eigenvalue weighted by atomic mass is 19.1. The van der Waals surface area contributed by atoms with Crippen LogP contribution in [0.1, 0.15) is 11.3 Å². The molecule has 1 aromatic heterocycles. The average Bonchev–Trinajstić information content (AvgIpc) is 2.75. The first-order valence-electron chi connectivity index (χ1n) is 5.49. The molecule has 20 heavy (non-hydrogen) atoms. The maximum absolute atomic E-state index is 13.4. The number of nitro benzene ring substituents is 1. The summed E-state index contributed by atoms with van der Waals surface area (Å²) >= 11 is 0. The number of rotatable bonds is 5. The number of carboxylic acid groups (broad SMARTS) is 1. The molecule has 0 aliphatic heterocycles. The topological polar surface area (TPSA) is 111 Å². The molecule has 0 atom stereocenters. The van der Waals surface area contributed by atoms with Crippen LogP contribution in [0.25, 0.3) is 0 Å². The van der Waals surface area contributed by atoms with E-state index in [4.69, 9.17) is 5.11 Å². The van der Waals surface area contributed by atoms with Crippen molar-refractivity contribution in [1.29, 1.82) is 0 Å². The number of benzene rings is 1. The highest BCUT2D eigenvalue weighted by Gasteiger charge is 2.14. The summed E-state index contributed by atoms with van der Waals surface area (Å²) in [4.78, 5) is 20.2. The van der Waals surface area contributed by atoms with Gasteiger partial charge in [0, 0.05) is 12.3 Å². The molecule has 0 saturated heterocycles. The zero-order chi connectivity index (χ0) is 14.7. The van der Waals surface area contributed by atoms with Gasteiger partial charge in [0.2, 0.25) is 5.82 Å². The molecule has 2 rings (SSSR count). The van der Waals surface area contributed by atoms with Gasteiger partial charge in [-0.1, -0.05) is 11.3 Å². The van der Waals surface area contributed by atoms with Gasteiger partial charge in [-0.25, -0.2) is 4.68 Å². The SMILES string of the molecule is O=C(O)Cc1cn(Cc2ccc([N+](=O)[O-])c(F)c2)nn1. The minimum atomic E-state index is -1.03. The van der Waals surface area contributed by atoms with E-state index >= 15 is 0 Å². The van der Waals surface area contributed by atoms with Gasteiger partial charge in [0.1, 0.15) is 0 Å². The van der Waals surface area contributed by atoms with Crippen LogP contribution in [0.4, 0.5) is 10.1 Å². The van der Waals surface area contributed by atoms with Crippen molar-refractivity contribution >= 4 is 11.7 Å². The molecule has 1 N–H and O–H groups in total. The number of hydrogen-bond acceptors (Lipinski definition) is 5. The van der Waals surface area contributed by atoms with Crippen molar-refractivity contribution in [3.63, 3.8) is 0 Å². The van der Waals surface area contributed by atoms with Gasteiger partial charge in [-0.2, -0.15) is 4.39 Å². The van der Waals surface area contributed by atoms with Gasteiger partial charge in [0.15, 0.2) is 0 Å². The average molecular weight is 280 g/mol. The Morgan fingerprint density at radius 2 is 2.25 bits per heavy atom. The number of hydrogen-bond donors (Lipinski definition) is 1. The second-order valence-electron chi connectivity index (χ2n) is 4.02. The van der Waals surface area contributed by atoms with Crippen LogP contribution < -0.4 is 0 Å². The molecule has 0 radical (unpaired) electrons. The van der Waals surface area contributed by atoms with Crippen molar-refractivity contribution in [1.82, 2.24) is 15.0 Å². The molecule has 0 fully saturated rings. The van der Waals surface area contributed by atoms with Crippen molar-refractivity contribution in [2.75, 3.05) is 0 Å². The number of halogens is 1. The summed E-state index contributed by atoms with van der Waals surface area (Å²) in [5, 5.41) is 26.4. The zero-order valence-electron chi connectivity index (χ0n) is 10.1. The number of carboxylic acids is 1. The van der Waals surface area contributed by atoms with Crippen molar-refractivity contribution in [2.24, 2.45) is 0 Å². The van der Waals surface area contributed by atoms with Gasteiger partial charge >= 0.3 is 11.7 Å². The third-order valence-electron chi connectivity index (χ3n) is 2.47. The van der Waals surface area contributed by atoms with Crippen LogP contribution >= 0.6 is 0 Å². The predicted octanol–water partition coefficient (Wildman–Crippen LogP) is 1.00. The molecule has 0 aliphatic rings.